The fraction of sp³-hybridized carbons (Fsp3) is 0.867. The van der Waals surface area contributed by atoms with Crippen LogP contribution in [0.2, 0.25) is 0 Å². The first kappa shape index (κ1) is 18.8. The highest BCUT2D eigenvalue weighted by Gasteiger charge is 2.20. The van der Waals surface area contributed by atoms with Crippen molar-refractivity contribution in [1.82, 2.24) is 0 Å². The smallest absolute Gasteiger partial charge is 0.376 e. The molecule has 0 radical (unpaired) electrons. The van der Waals surface area contributed by atoms with Crippen molar-refractivity contribution in [2.24, 2.45) is 0 Å². The van der Waals surface area contributed by atoms with Crippen LogP contribution in [0.4, 0.5) is 0 Å². The third-order valence-corrected chi connectivity index (χ3v) is 4.47. The van der Waals surface area contributed by atoms with Gasteiger partial charge in [-0.15, -0.1) is 6.58 Å². The Bertz CT molecular complexity index is 190. The second-order valence-corrected chi connectivity index (χ2v) is 6.32. The topological polar surface area (TPSA) is 27.7 Å². The highest BCUT2D eigenvalue weighted by atomic mass is 28.3. The molecule has 4 heteroatoms. The van der Waals surface area contributed by atoms with Crippen LogP contribution in [0.15, 0.2) is 12.7 Å². The summed E-state index contributed by atoms with van der Waals surface area (Å²) in [6, 6.07) is 0. The van der Waals surface area contributed by atoms with Crippen LogP contribution in [0.25, 0.3) is 0 Å². The lowest BCUT2D eigenvalue weighted by molar-refractivity contribution is 0.0529. The molecule has 0 heterocycles. The molecule has 0 amide bonds. The average Bonchev–Trinajstić information content (AvgIpc) is 2.39. The van der Waals surface area contributed by atoms with Crippen LogP contribution in [-0.4, -0.2) is 28.8 Å². The molecule has 0 aliphatic carbocycles. The van der Waals surface area contributed by atoms with Crippen molar-refractivity contribution >= 4 is 9.53 Å². The number of hydrogen-bond acceptors (Lipinski definition) is 3. The van der Waals surface area contributed by atoms with Gasteiger partial charge in [-0.25, -0.2) is 0 Å². The van der Waals surface area contributed by atoms with E-state index >= 15 is 0 Å². The maximum Gasteiger partial charge on any atom is 0.484 e. The monoisotopic (exact) mass is 288 g/mol. The van der Waals surface area contributed by atoms with Crippen molar-refractivity contribution in [2.75, 3.05) is 13.2 Å². The van der Waals surface area contributed by atoms with E-state index in [1.54, 1.807) is 0 Å². The van der Waals surface area contributed by atoms with Gasteiger partial charge in [0.2, 0.25) is 0 Å². The Morgan fingerprint density at radius 3 is 2.00 bits per heavy atom. The van der Waals surface area contributed by atoms with Gasteiger partial charge in [-0.3, -0.25) is 0 Å². The van der Waals surface area contributed by atoms with Gasteiger partial charge in [-0.05, 0) is 25.7 Å². The van der Waals surface area contributed by atoms with Gasteiger partial charge in [0.15, 0.2) is 0 Å². The molecule has 0 N–H and O–H groups in total. The normalized spacial score (nSPS) is 12.8. The van der Waals surface area contributed by atoms with Crippen LogP contribution in [-0.2, 0) is 13.3 Å². The lowest BCUT2D eigenvalue weighted by Crippen LogP contribution is -2.33. The zero-order valence-corrected chi connectivity index (χ0v) is 14.2. The third kappa shape index (κ3) is 11.4. The van der Waals surface area contributed by atoms with Gasteiger partial charge in [-0.1, -0.05) is 46.1 Å². The molecule has 0 aliphatic rings. The predicted molar refractivity (Wildman–Crippen MR) is 83.5 cm³/mol. The first-order valence-electron chi connectivity index (χ1n) is 7.77. The van der Waals surface area contributed by atoms with E-state index in [1.807, 2.05) is 6.08 Å². The summed E-state index contributed by atoms with van der Waals surface area (Å²) in [5.74, 6) is 0. The first-order chi connectivity index (χ1) is 9.28. The molecule has 114 valence electrons. The molecule has 1 atom stereocenters. The zero-order valence-electron chi connectivity index (χ0n) is 13.0. The Morgan fingerprint density at radius 2 is 1.58 bits per heavy atom. The van der Waals surface area contributed by atoms with Gasteiger partial charge < -0.3 is 13.3 Å². The van der Waals surface area contributed by atoms with Crippen LogP contribution >= 0.6 is 0 Å². The molecule has 0 aromatic rings. The lowest BCUT2D eigenvalue weighted by Gasteiger charge is -2.22. The van der Waals surface area contributed by atoms with Gasteiger partial charge in [0, 0.05) is 13.2 Å². The fourth-order valence-electron chi connectivity index (χ4n) is 1.68. The number of hydrogen-bond donors (Lipinski definition) is 0. The molecule has 0 aromatic carbocycles. The van der Waals surface area contributed by atoms with Crippen molar-refractivity contribution in [3.05, 3.63) is 12.7 Å². The minimum absolute atomic E-state index is 0.211. The third-order valence-electron chi connectivity index (χ3n) is 2.85. The first-order valence-corrected chi connectivity index (χ1v) is 9.19. The van der Waals surface area contributed by atoms with E-state index < -0.39 is 9.53 Å². The summed E-state index contributed by atoms with van der Waals surface area (Å²) < 4.78 is 17.7. The summed E-state index contributed by atoms with van der Waals surface area (Å²) >= 11 is 0. The second kappa shape index (κ2) is 14.3. The SMILES string of the molecule is C=CCC(CCC)O[SiH](OCCCC)OCCCC. The summed E-state index contributed by atoms with van der Waals surface area (Å²) in [6.07, 6.45) is 9.60. The second-order valence-electron chi connectivity index (χ2n) is 4.81. The summed E-state index contributed by atoms with van der Waals surface area (Å²) in [7, 11) is -1.97. The van der Waals surface area contributed by atoms with Crippen LogP contribution < -0.4 is 0 Å². The Kier molecular flexibility index (Phi) is 14.1. The van der Waals surface area contributed by atoms with E-state index in [2.05, 4.69) is 27.4 Å². The molecule has 0 fully saturated rings. The van der Waals surface area contributed by atoms with E-state index in [0.29, 0.717) is 0 Å². The lowest BCUT2D eigenvalue weighted by atomic mass is 10.1. The van der Waals surface area contributed by atoms with E-state index in [-0.39, 0.29) is 6.10 Å². The highest BCUT2D eigenvalue weighted by molar-refractivity contribution is 6.36. The Balaban J connectivity index is 4.13. The molecule has 1 unspecified atom stereocenters. The molecular formula is C15H32O3Si. The quantitative estimate of drug-likeness (QED) is 0.274. The zero-order chi connectivity index (χ0) is 14.3. The molecule has 0 spiro atoms. The van der Waals surface area contributed by atoms with Crippen LogP contribution in [0, 0.1) is 0 Å². The molecule has 0 aliphatic heterocycles. The van der Waals surface area contributed by atoms with Crippen molar-refractivity contribution < 1.29 is 13.3 Å². The molecule has 0 bridgehead atoms. The van der Waals surface area contributed by atoms with Crippen molar-refractivity contribution in [2.45, 2.75) is 71.8 Å². The van der Waals surface area contributed by atoms with E-state index in [1.165, 1.54) is 0 Å². The molecule has 3 nitrogen and oxygen atoms in total. The summed E-state index contributed by atoms with van der Waals surface area (Å²) in [5.41, 5.74) is 0. The highest BCUT2D eigenvalue weighted by Crippen LogP contribution is 2.11. The van der Waals surface area contributed by atoms with Crippen molar-refractivity contribution in [3.63, 3.8) is 0 Å². The fourth-order valence-corrected chi connectivity index (χ4v) is 3.21. The standard InChI is InChI=1S/C15H32O3Si/c1-5-9-13-16-19(17-14-10-6-2)18-15(11-7-3)12-8-4/h7,15,19H,3,5-6,8-14H2,1-2,4H3. The maximum absolute atomic E-state index is 6.05. The maximum atomic E-state index is 6.05. The van der Waals surface area contributed by atoms with Gasteiger partial charge >= 0.3 is 9.53 Å². The van der Waals surface area contributed by atoms with Gasteiger partial charge in [-0.2, -0.15) is 0 Å². The predicted octanol–water partition coefficient (Wildman–Crippen LogP) is 4.10. The van der Waals surface area contributed by atoms with Gasteiger partial charge in [0.25, 0.3) is 0 Å². The van der Waals surface area contributed by atoms with Crippen molar-refractivity contribution in [1.29, 1.82) is 0 Å². The van der Waals surface area contributed by atoms with Gasteiger partial charge in [0.05, 0.1) is 6.10 Å². The molecule has 19 heavy (non-hydrogen) atoms. The summed E-state index contributed by atoms with van der Waals surface area (Å²) in [5, 5.41) is 0. The molecule has 0 rings (SSSR count). The summed E-state index contributed by atoms with van der Waals surface area (Å²) in [4.78, 5) is 0. The average molecular weight is 289 g/mol. The van der Waals surface area contributed by atoms with E-state index in [4.69, 9.17) is 13.3 Å². The molecule has 0 saturated carbocycles. The molecular weight excluding hydrogens is 256 g/mol. The Labute approximate surface area is 121 Å². The molecule has 0 saturated heterocycles. The van der Waals surface area contributed by atoms with Crippen LogP contribution in [0.1, 0.15) is 65.7 Å². The minimum atomic E-state index is -1.97. The van der Waals surface area contributed by atoms with Crippen molar-refractivity contribution in [3.8, 4) is 0 Å². The Morgan fingerprint density at radius 1 is 1.00 bits per heavy atom. The van der Waals surface area contributed by atoms with E-state index in [9.17, 15) is 0 Å². The minimum Gasteiger partial charge on any atom is -0.376 e. The molecule has 0 aromatic heterocycles. The van der Waals surface area contributed by atoms with E-state index in [0.717, 1.165) is 58.2 Å². The largest absolute Gasteiger partial charge is 0.484 e. The van der Waals surface area contributed by atoms with Crippen LogP contribution in [0.5, 0.6) is 0 Å². The number of unbranched alkanes of at least 4 members (excludes halogenated alkanes) is 2. The van der Waals surface area contributed by atoms with Gasteiger partial charge in [0.1, 0.15) is 0 Å². The Hall–Kier alpha value is -0.163. The van der Waals surface area contributed by atoms with Crippen LogP contribution in [0.3, 0.4) is 0 Å². The number of rotatable bonds is 14. The summed E-state index contributed by atoms with van der Waals surface area (Å²) in [6.45, 7) is 11.8.